The van der Waals surface area contributed by atoms with Crippen molar-refractivity contribution in [2.45, 2.75) is 119 Å². The molecule has 0 saturated carbocycles. The van der Waals surface area contributed by atoms with Crippen LogP contribution < -0.4 is 5.32 Å². The summed E-state index contributed by atoms with van der Waals surface area (Å²) in [6.07, 6.45) is 13.5. The van der Waals surface area contributed by atoms with Crippen molar-refractivity contribution in [3.63, 3.8) is 0 Å². The molecule has 1 aliphatic heterocycles. The van der Waals surface area contributed by atoms with Gasteiger partial charge in [0.2, 0.25) is 3.79 Å². The minimum Gasteiger partial charge on any atom is -0.439 e. The van der Waals surface area contributed by atoms with Crippen molar-refractivity contribution < 1.29 is 28.8 Å². The Labute approximate surface area is 226 Å². The van der Waals surface area contributed by atoms with Crippen LogP contribution in [0.3, 0.4) is 0 Å². The molecule has 0 radical (unpaired) electrons. The zero-order chi connectivity index (χ0) is 26.0. The van der Waals surface area contributed by atoms with Gasteiger partial charge in [0.15, 0.2) is 11.9 Å². The Hall–Kier alpha value is -0.0200. The molecule has 0 aromatic rings. The van der Waals surface area contributed by atoms with Gasteiger partial charge >= 0.3 is 6.09 Å². The summed E-state index contributed by atoms with van der Waals surface area (Å²) in [6.45, 7) is 5.49. The number of hydrogen-bond donors (Lipinski definition) is 2. The lowest BCUT2D eigenvalue weighted by Crippen LogP contribution is -2.44. The summed E-state index contributed by atoms with van der Waals surface area (Å²) < 4.78 is 20.5. The molecule has 1 rings (SSSR count). The second-order valence-corrected chi connectivity index (χ2v) is 12.0. The summed E-state index contributed by atoms with van der Waals surface area (Å²) in [6, 6.07) is 0. The fraction of sp³-hybridized carbons (Fsp3) is 0.960. The topological polar surface area (TPSA) is 86.3 Å². The SMILES string of the molecule is CC(C)(OC(=O)NCCCCCCCCCCCCOC[C@H](CO)OC1CCCCO1)C(Cl)(Cl)Cl. The van der Waals surface area contributed by atoms with Crippen molar-refractivity contribution in [1.82, 2.24) is 5.32 Å². The van der Waals surface area contributed by atoms with Crippen LogP contribution in [0.25, 0.3) is 0 Å². The lowest BCUT2D eigenvalue weighted by atomic mass is 10.1. The molecule has 10 heteroatoms. The van der Waals surface area contributed by atoms with E-state index >= 15 is 0 Å². The van der Waals surface area contributed by atoms with Crippen molar-refractivity contribution in [3.8, 4) is 0 Å². The largest absolute Gasteiger partial charge is 0.439 e. The van der Waals surface area contributed by atoms with Crippen molar-refractivity contribution in [2.75, 3.05) is 33.0 Å². The van der Waals surface area contributed by atoms with E-state index in [9.17, 15) is 9.90 Å². The highest BCUT2D eigenvalue weighted by Gasteiger charge is 2.44. The van der Waals surface area contributed by atoms with Gasteiger partial charge in [-0.25, -0.2) is 4.79 Å². The average Bonchev–Trinajstić information content (AvgIpc) is 2.80. The van der Waals surface area contributed by atoms with Gasteiger partial charge in [0.05, 0.1) is 13.2 Å². The molecular formula is C25H46Cl3NO6. The molecule has 0 aromatic carbocycles. The van der Waals surface area contributed by atoms with Gasteiger partial charge in [-0.1, -0.05) is 86.2 Å². The highest BCUT2D eigenvalue weighted by Crippen LogP contribution is 2.40. The van der Waals surface area contributed by atoms with Crippen molar-refractivity contribution in [2.24, 2.45) is 0 Å². The van der Waals surface area contributed by atoms with E-state index in [4.69, 9.17) is 53.8 Å². The number of nitrogens with one attached hydrogen (secondary N) is 1. The lowest BCUT2D eigenvalue weighted by molar-refractivity contribution is -0.204. The first-order chi connectivity index (χ1) is 16.7. The molecule has 0 spiro atoms. The number of hydrogen-bond acceptors (Lipinski definition) is 6. The highest BCUT2D eigenvalue weighted by atomic mass is 35.6. The number of rotatable bonds is 19. The van der Waals surface area contributed by atoms with Gasteiger partial charge in [0, 0.05) is 19.8 Å². The van der Waals surface area contributed by atoms with Crippen LogP contribution in [0.15, 0.2) is 0 Å². The lowest BCUT2D eigenvalue weighted by Gasteiger charge is -2.31. The molecule has 35 heavy (non-hydrogen) atoms. The summed E-state index contributed by atoms with van der Waals surface area (Å²) in [5.74, 6) is 0. The van der Waals surface area contributed by atoms with Crippen LogP contribution in [0, 0.1) is 0 Å². The molecule has 1 saturated heterocycles. The normalized spacial score (nSPS) is 17.8. The number of halogens is 3. The first-order valence-corrected chi connectivity index (χ1v) is 14.3. The Morgan fingerprint density at radius 3 is 2.14 bits per heavy atom. The van der Waals surface area contributed by atoms with Crippen molar-refractivity contribution >= 4 is 40.9 Å². The van der Waals surface area contributed by atoms with E-state index < -0.39 is 15.5 Å². The monoisotopic (exact) mass is 561 g/mol. The Morgan fingerprint density at radius 2 is 1.60 bits per heavy atom. The van der Waals surface area contributed by atoms with Gasteiger partial charge < -0.3 is 29.4 Å². The van der Waals surface area contributed by atoms with Crippen molar-refractivity contribution in [1.29, 1.82) is 0 Å². The van der Waals surface area contributed by atoms with Gasteiger partial charge in [0.1, 0.15) is 6.10 Å². The minimum absolute atomic E-state index is 0.0421. The van der Waals surface area contributed by atoms with E-state index in [1.807, 2.05) is 0 Å². The zero-order valence-electron chi connectivity index (χ0n) is 21.5. The molecular weight excluding hydrogens is 517 g/mol. The van der Waals surface area contributed by atoms with Crippen LogP contribution in [0.1, 0.15) is 97.3 Å². The van der Waals surface area contributed by atoms with Crippen LogP contribution >= 0.6 is 34.8 Å². The smallest absolute Gasteiger partial charge is 0.407 e. The number of unbranched alkanes of at least 4 members (excludes halogenated alkanes) is 9. The number of aliphatic hydroxyl groups excluding tert-OH is 1. The second kappa shape index (κ2) is 19.1. The molecule has 1 aliphatic rings. The Balaban J connectivity index is 1.85. The minimum atomic E-state index is -1.68. The molecule has 208 valence electrons. The number of aliphatic hydroxyl groups is 1. The Bertz CT molecular complexity index is 542. The van der Waals surface area contributed by atoms with Gasteiger partial charge in [-0.2, -0.15) is 0 Å². The first kappa shape index (κ1) is 33.0. The van der Waals surface area contributed by atoms with Crippen LogP contribution in [-0.4, -0.2) is 66.0 Å². The van der Waals surface area contributed by atoms with E-state index in [0.29, 0.717) is 19.8 Å². The molecule has 2 atom stereocenters. The molecule has 7 nitrogen and oxygen atoms in total. The fourth-order valence-electron chi connectivity index (χ4n) is 3.64. The average molecular weight is 563 g/mol. The fourth-order valence-corrected chi connectivity index (χ4v) is 3.76. The molecule has 1 amide bonds. The summed E-state index contributed by atoms with van der Waals surface area (Å²) in [5.41, 5.74) is -1.20. The van der Waals surface area contributed by atoms with Gasteiger partial charge in [-0.3, -0.25) is 0 Å². The van der Waals surface area contributed by atoms with E-state index in [1.54, 1.807) is 13.8 Å². The molecule has 1 heterocycles. The maximum atomic E-state index is 11.8. The summed E-state index contributed by atoms with van der Waals surface area (Å²) in [7, 11) is 0. The van der Waals surface area contributed by atoms with E-state index in [-0.39, 0.29) is 19.0 Å². The molecule has 0 aromatic heterocycles. The third-order valence-corrected chi connectivity index (χ3v) is 7.37. The third-order valence-electron chi connectivity index (χ3n) is 6.00. The van der Waals surface area contributed by atoms with Crippen LogP contribution in [0.2, 0.25) is 0 Å². The number of carbonyl (C=O) groups is 1. The van der Waals surface area contributed by atoms with Gasteiger partial charge in [-0.05, 0) is 46.0 Å². The van der Waals surface area contributed by atoms with Gasteiger partial charge in [0.25, 0.3) is 0 Å². The predicted molar refractivity (Wildman–Crippen MR) is 141 cm³/mol. The predicted octanol–water partition coefficient (Wildman–Crippen LogP) is 6.68. The summed E-state index contributed by atoms with van der Waals surface area (Å²) in [4.78, 5) is 11.8. The third kappa shape index (κ3) is 16.4. The molecule has 1 fully saturated rings. The second-order valence-electron chi connectivity index (χ2n) is 9.67. The number of carbonyl (C=O) groups excluding carboxylic acids is 1. The quantitative estimate of drug-likeness (QED) is 0.135. The number of alkyl carbamates (subject to hydrolysis) is 1. The van der Waals surface area contributed by atoms with Crippen LogP contribution in [-0.2, 0) is 18.9 Å². The number of ether oxygens (including phenoxy) is 4. The Morgan fingerprint density at radius 1 is 1.00 bits per heavy atom. The van der Waals surface area contributed by atoms with E-state index in [2.05, 4.69) is 5.32 Å². The van der Waals surface area contributed by atoms with Crippen LogP contribution in [0.4, 0.5) is 4.79 Å². The maximum Gasteiger partial charge on any atom is 0.407 e. The van der Waals surface area contributed by atoms with E-state index in [0.717, 1.165) is 58.0 Å². The van der Waals surface area contributed by atoms with Gasteiger partial charge in [-0.15, -0.1) is 0 Å². The Kier molecular flexibility index (Phi) is 18.0. The first-order valence-electron chi connectivity index (χ1n) is 13.1. The van der Waals surface area contributed by atoms with E-state index in [1.165, 1.54) is 32.1 Å². The highest BCUT2D eigenvalue weighted by molar-refractivity contribution is 6.68. The maximum absolute atomic E-state index is 11.8. The van der Waals surface area contributed by atoms with Crippen LogP contribution in [0.5, 0.6) is 0 Å². The standard InChI is InChI=1S/C25H46Cl3NO6/c1-24(2,25(26,27)28)35-23(31)29-16-12-9-7-5-3-4-6-8-10-13-17-32-20-21(19-30)34-22-15-11-14-18-33-22/h21-22,30H,3-20H2,1-2H3,(H,29,31)/t21-,22?/m0/s1. The summed E-state index contributed by atoms with van der Waals surface area (Å²) in [5, 5.41) is 12.2. The molecule has 1 unspecified atom stereocenters. The summed E-state index contributed by atoms with van der Waals surface area (Å²) >= 11 is 17.4. The molecule has 0 bridgehead atoms. The zero-order valence-corrected chi connectivity index (χ0v) is 23.8. The number of amides is 1. The molecule has 0 aliphatic carbocycles. The molecule has 2 N–H and O–H groups in total. The number of alkyl halides is 3. The van der Waals surface area contributed by atoms with Crippen molar-refractivity contribution in [3.05, 3.63) is 0 Å².